The quantitative estimate of drug-likeness (QED) is 0.445. The van der Waals surface area contributed by atoms with Crippen molar-refractivity contribution in [3.05, 3.63) is 52.7 Å². The van der Waals surface area contributed by atoms with Gasteiger partial charge in [0.2, 0.25) is 0 Å². The largest absolute Gasteiger partial charge is 0.513 e. The summed E-state index contributed by atoms with van der Waals surface area (Å²) in [7, 11) is -0.0658. The Kier molecular flexibility index (Phi) is 9.21. The summed E-state index contributed by atoms with van der Waals surface area (Å²) in [6.07, 6.45) is 5.45. The van der Waals surface area contributed by atoms with Crippen molar-refractivity contribution in [2.45, 2.75) is 78.2 Å². The molecule has 0 aliphatic carbocycles. The molecule has 2 atom stereocenters. The number of primary amides is 1. The number of nitrogens with one attached hydrogen (secondary N) is 1. The third-order valence-corrected chi connectivity index (χ3v) is 7.67. The Bertz CT molecular complexity index is 1090. The Hall–Kier alpha value is -2.82. The number of ether oxygens (including phenoxy) is 1. The van der Waals surface area contributed by atoms with Crippen molar-refractivity contribution in [3.8, 4) is 11.5 Å². The monoisotopic (exact) mass is 508 g/mol. The summed E-state index contributed by atoms with van der Waals surface area (Å²) < 4.78 is 4.82. The van der Waals surface area contributed by atoms with E-state index in [1.807, 2.05) is 18.7 Å². The number of allylic oxidation sites excluding steroid dienone is 2. The van der Waals surface area contributed by atoms with Crippen molar-refractivity contribution in [1.82, 2.24) is 10.2 Å². The number of likely N-dealkylation sites (tertiary alicyclic amines) is 1. The van der Waals surface area contributed by atoms with E-state index in [0.717, 1.165) is 48.2 Å². The van der Waals surface area contributed by atoms with Gasteiger partial charge in [0.1, 0.15) is 8.07 Å². The Labute approximate surface area is 217 Å². The molecule has 6 nitrogen and oxygen atoms in total. The molecular formula is C29H42N3O3Si+. The minimum atomic E-state index is -1.42. The molecule has 3 rings (SSSR count). The van der Waals surface area contributed by atoms with Gasteiger partial charge in [0.05, 0.1) is 13.2 Å². The third kappa shape index (κ3) is 6.89. The van der Waals surface area contributed by atoms with Crippen molar-refractivity contribution in [2.24, 2.45) is 5.92 Å². The second kappa shape index (κ2) is 11.9. The molecule has 0 radical (unpaired) electrons. The van der Waals surface area contributed by atoms with Crippen molar-refractivity contribution in [2.75, 3.05) is 13.7 Å². The summed E-state index contributed by atoms with van der Waals surface area (Å²) in [4.78, 5) is 27.5. The SMILES string of the molecule is CCC1=C(C2CCCN2C(=O)C([NH2+]C(=O)OC)C(C)C)NC(c2ccc(C#C[Si](C)(C)C)cc2)=CC1. The van der Waals surface area contributed by atoms with Crippen LogP contribution >= 0.6 is 0 Å². The number of hydrogen-bond acceptors (Lipinski definition) is 4. The van der Waals surface area contributed by atoms with E-state index in [2.05, 4.69) is 73.7 Å². The summed E-state index contributed by atoms with van der Waals surface area (Å²) >= 11 is 0. The molecule has 194 valence electrons. The first-order valence-corrected chi connectivity index (χ1v) is 16.6. The molecule has 1 fully saturated rings. The Morgan fingerprint density at radius 2 is 1.92 bits per heavy atom. The summed E-state index contributed by atoms with van der Waals surface area (Å²) in [5.41, 5.74) is 9.14. The molecule has 3 N–H and O–H groups in total. The van der Waals surface area contributed by atoms with E-state index in [0.29, 0.717) is 6.54 Å². The molecule has 0 aromatic heterocycles. The zero-order chi connectivity index (χ0) is 26.5. The second-order valence-corrected chi connectivity index (χ2v) is 15.8. The van der Waals surface area contributed by atoms with E-state index in [9.17, 15) is 9.59 Å². The van der Waals surface area contributed by atoms with Crippen molar-refractivity contribution in [3.63, 3.8) is 0 Å². The van der Waals surface area contributed by atoms with Gasteiger partial charge in [-0.1, -0.05) is 64.5 Å². The van der Waals surface area contributed by atoms with Gasteiger partial charge in [-0.15, -0.1) is 5.54 Å². The lowest BCUT2D eigenvalue weighted by atomic mass is 9.94. The molecule has 0 spiro atoms. The maximum atomic E-state index is 13.6. The molecule has 2 aliphatic rings. The zero-order valence-corrected chi connectivity index (χ0v) is 23.9. The van der Waals surface area contributed by atoms with Crippen LogP contribution in [-0.4, -0.2) is 50.7 Å². The van der Waals surface area contributed by atoms with E-state index < -0.39 is 20.2 Å². The van der Waals surface area contributed by atoms with Crippen LogP contribution in [0.5, 0.6) is 0 Å². The first-order valence-electron chi connectivity index (χ1n) is 13.1. The highest BCUT2D eigenvalue weighted by Crippen LogP contribution is 2.32. The molecule has 2 aliphatic heterocycles. The minimum absolute atomic E-state index is 0.00378. The predicted molar refractivity (Wildman–Crippen MR) is 147 cm³/mol. The van der Waals surface area contributed by atoms with E-state index in [4.69, 9.17) is 4.74 Å². The fourth-order valence-corrected chi connectivity index (χ4v) is 5.26. The van der Waals surface area contributed by atoms with Gasteiger partial charge in [0.15, 0.2) is 6.04 Å². The Morgan fingerprint density at radius 3 is 2.50 bits per heavy atom. The fourth-order valence-electron chi connectivity index (χ4n) is 4.74. The van der Waals surface area contributed by atoms with Crippen LogP contribution in [0.1, 0.15) is 57.6 Å². The van der Waals surface area contributed by atoms with Crippen LogP contribution in [0.4, 0.5) is 4.79 Å². The average molecular weight is 509 g/mol. The molecular weight excluding hydrogens is 466 g/mol. The highest BCUT2D eigenvalue weighted by molar-refractivity contribution is 6.83. The summed E-state index contributed by atoms with van der Waals surface area (Å²) in [5.74, 6) is 3.34. The maximum Gasteiger partial charge on any atom is 0.513 e. The van der Waals surface area contributed by atoms with Gasteiger partial charge in [0.25, 0.3) is 5.91 Å². The number of dihydropyridines is 1. The number of carbonyl (C=O) groups excluding carboxylic acids is 2. The van der Waals surface area contributed by atoms with E-state index >= 15 is 0 Å². The topological polar surface area (TPSA) is 75.2 Å². The van der Waals surface area contributed by atoms with Crippen LogP contribution in [0.15, 0.2) is 41.6 Å². The third-order valence-electron chi connectivity index (χ3n) is 6.80. The molecule has 1 aromatic rings. The first-order chi connectivity index (χ1) is 17.0. The van der Waals surface area contributed by atoms with Gasteiger partial charge in [-0.05, 0) is 49.0 Å². The molecule has 36 heavy (non-hydrogen) atoms. The van der Waals surface area contributed by atoms with Crippen LogP contribution in [0.2, 0.25) is 19.6 Å². The molecule has 1 saturated heterocycles. The van der Waals surface area contributed by atoms with Gasteiger partial charge in [-0.25, -0.2) is 5.32 Å². The lowest BCUT2D eigenvalue weighted by Crippen LogP contribution is -2.97. The molecule has 2 heterocycles. The van der Waals surface area contributed by atoms with Gasteiger partial charge in [0, 0.05) is 29.4 Å². The Morgan fingerprint density at radius 1 is 1.22 bits per heavy atom. The van der Waals surface area contributed by atoms with Crippen LogP contribution in [0, 0.1) is 17.4 Å². The number of nitrogens with two attached hydrogens (primary N) is 1. The zero-order valence-electron chi connectivity index (χ0n) is 22.9. The van der Waals surface area contributed by atoms with Crippen LogP contribution in [0.25, 0.3) is 5.70 Å². The number of methoxy groups -OCH3 is 1. The molecule has 1 aromatic carbocycles. The predicted octanol–water partition coefficient (Wildman–Crippen LogP) is 4.26. The van der Waals surface area contributed by atoms with Crippen LogP contribution < -0.4 is 10.6 Å². The molecule has 0 saturated carbocycles. The van der Waals surface area contributed by atoms with Gasteiger partial charge < -0.3 is 15.0 Å². The number of amides is 2. The van der Waals surface area contributed by atoms with E-state index in [1.54, 1.807) is 0 Å². The summed E-state index contributed by atoms with van der Waals surface area (Å²) in [5, 5.41) is 5.14. The second-order valence-electron chi connectivity index (χ2n) is 11.0. The number of rotatable bonds is 6. The maximum absolute atomic E-state index is 13.6. The molecule has 2 amide bonds. The smallest absolute Gasteiger partial charge is 0.423 e. The number of carbonyl (C=O) groups is 2. The van der Waals surface area contributed by atoms with Crippen molar-refractivity contribution < 1.29 is 19.6 Å². The summed E-state index contributed by atoms with van der Waals surface area (Å²) in [6.45, 7) is 13.6. The lowest BCUT2D eigenvalue weighted by Gasteiger charge is -2.34. The van der Waals surface area contributed by atoms with Crippen LogP contribution in [-0.2, 0) is 9.53 Å². The fraction of sp³-hybridized carbons (Fsp3) is 0.517. The lowest BCUT2D eigenvalue weighted by molar-refractivity contribution is -0.601. The normalized spacial score (nSPS) is 18.8. The standard InChI is InChI=1S/C29H41N3O3Si/c1-8-22-15-16-24(23-13-11-21(12-14-23)17-19-36(5,6)7)30-27(22)25-10-9-18-32(25)28(33)26(20(2)3)31-29(34)35-4/h11-14,16,20,25-26,30H,8-10,15,18H2,1-7H3,(H,31,34)/p+1. The van der Waals surface area contributed by atoms with Gasteiger partial charge in [-0.2, -0.15) is 4.79 Å². The van der Waals surface area contributed by atoms with Gasteiger partial charge in [-0.3, -0.25) is 4.79 Å². The van der Waals surface area contributed by atoms with E-state index in [-0.39, 0.29) is 17.9 Å². The Balaban J connectivity index is 1.81. The number of benzene rings is 1. The van der Waals surface area contributed by atoms with E-state index in [1.165, 1.54) is 18.0 Å². The number of hydrogen-bond donors (Lipinski definition) is 2. The highest BCUT2D eigenvalue weighted by Gasteiger charge is 2.40. The first kappa shape index (κ1) is 27.8. The molecule has 7 heteroatoms. The number of quaternary nitrogens is 1. The molecule has 0 bridgehead atoms. The van der Waals surface area contributed by atoms with Gasteiger partial charge >= 0.3 is 6.09 Å². The minimum Gasteiger partial charge on any atom is -0.423 e. The summed E-state index contributed by atoms with van der Waals surface area (Å²) in [6, 6.07) is 7.92. The average Bonchev–Trinajstić information content (AvgIpc) is 3.34. The van der Waals surface area contributed by atoms with Crippen molar-refractivity contribution in [1.29, 1.82) is 0 Å². The van der Waals surface area contributed by atoms with Crippen molar-refractivity contribution >= 4 is 25.8 Å². The highest BCUT2D eigenvalue weighted by atomic mass is 28.3. The number of nitrogens with zero attached hydrogens (tertiary/aromatic N) is 1. The van der Waals surface area contributed by atoms with Crippen LogP contribution in [0.3, 0.4) is 0 Å². The molecule has 2 unspecified atom stereocenters.